The summed E-state index contributed by atoms with van der Waals surface area (Å²) in [6, 6.07) is 0. The molecule has 0 aromatic rings. The smallest absolute Gasteiger partial charge is 0.331 e. The van der Waals surface area contributed by atoms with E-state index in [0.717, 1.165) is 50.5 Å². The molecule has 0 aromatic heterocycles. The van der Waals surface area contributed by atoms with Gasteiger partial charge in [-0.25, -0.2) is 4.79 Å². The molecule has 3 N–H and O–H groups in total. The minimum Gasteiger partial charge on any atom is -0.458 e. The highest BCUT2D eigenvalue weighted by atomic mass is 16.5. The number of ether oxygens (including phenoxy) is 1. The zero-order valence-electron chi connectivity index (χ0n) is 17.1. The molecule has 0 saturated heterocycles. The van der Waals surface area contributed by atoms with Crippen molar-refractivity contribution < 1.29 is 24.9 Å². The van der Waals surface area contributed by atoms with Gasteiger partial charge < -0.3 is 20.1 Å². The molecule has 0 bridgehead atoms. The Hall–Kier alpha value is -0.910. The van der Waals surface area contributed by atoms with E-state index in [1.54, 1.807) is 6.08 Å². The van der Waals surface area contributed by atoms with Crippen LogP contribution in [0.15, 0.2) is 11.6 Å². The third-order valence-electron chi connectivity index (χ3n) is 10.1. The van der Waals surface area contributed by atoms with Crippen molar-refractivity contribution in [3.63, 3.8) is 0 Å². The van der Waals surface area contributed by atoms with Crippen molar-refractivity contribution in [2.24, 2.45) is 28.6 Å². The number of rotatable bonds is 1. The lowest BCUT2D eigenvalue weighted by molar-refractivity contribution is -0.296. The Morgan fingerprint density at radius 2 is 1.82 bits per heavy atom. The molecule has 4 saturated carbocycles. The largest absolute Gasteiger partial charge is 0.458 e. The molecule has 4 fully saturated rings. The standard InChI is InChI=1S/C23H34O5/c1-20-7-4-16(24)12-15(20)3-9-22(26)18(20)6-8-21(2)17(5-10-23(21,22)27)14-11-19(25)28-13-14/h11,15-18,24,26-27H,3-10,12-13H2,1-2H3/t15-,16+,17-,18-,20+,21-,22?,23?/m1/s1. The van der Waals surface area contributed by atoms with Gasteiger partial charge in [-0.3, -0.25) is 0 Å². The summed E-state index contributed by atoms with van der Waals surface area (Å²) in [6.07, 6.45) is 8.55. The van der Waals surface area contributed by atoms with Crippen LogP contribution in [0.25, 0.3) is 0 Å². The maximum atomic E-state index is 12.1. The average Bonchev–Trinajstić information content (AvgIpc) is 3.18. The first-order chi connectivity index (χ1) is 13.1. The first-order valence-electron chi connectivity index (χ1n) is 11.1. The van der Waals surface area contributed by atoms with Crippen molar-refractivity contribution in [3.8, 4) is 0 Å². The first-order valence-corrected chi connectivity index (χ1v) is 11.1. The molecule has 0 aromatic carbocycles. The van der Waals surface area contributed by atoms with Crippen LogP contribution in [0.2, 0.25) is 0 Å². The minimum atomic E-state index is -1.13. The van der Waals surface area contributed by atoms with E-state index in [4.69, 9.17) is 4.74 Å². The van der Waals surface area contributed by atoms with Crippen LogP contribution in [0.4, 0.5) is 0 Å². The monoisotopic (exact) mass is 390 g/mol. The fourth-order valence-corrected chi connectivity index (χ4v) is 8.45. The second kappa shape index (κ2) is 5.83. The van der Waals surface area contributed by atoms with Gasteiger partial charge in [-0.05, 0) is 86.5 Å². The maximum absolute atomic E-state index is 12.1. The van der Waals surface area contributed by atoms with Crippen LogP contribution in [0.5, 0.6) is 0 Å². The lowest BCUT2D eigenvalue weighted by Gasteiger charge is -2.67. The number of carbonyl (C=O) groups excluding carboxylic acids is 1. The second-order valence-corrected chi connectivity index (χ2v) is 10.9. The number of aliphatic hydroxyl groups is 3. The molecule has 2 unspecified atom stereocenters. The molecule has 28 heavy (non-hydrogen) atoms. The first kappa shape index (κ1) is 19.1. The molecule has 0 spiro atoms. The normalized spacial score (nSPS) is 55.8. The molecule has 1 heterocycles. The minimum absolute atomic E-state index is 0.0208. The van der Waals surface area contributed by atoms with Gasteiger partial charge in [0.2, 0.25) is 0 Å². The van der Waals surface area contributed by atoms with Gasteiger partial charge in [-0.2, -0.15) is 0 Å². The van der Waals surface area contributed by atoms with E-state index in [2.05, 4.69) is 13.8 Å². The summed E-state index contributed by atoms with van der Waals surface area (Å²) < 4.78 is 5.16. The fourth-order valence-electron chi connectivity index (χ4n) is 8.45. The third kappa shape index (κ3) is 2.16. The third-order valence-corrected chi connectivity index (χ3v) is 10.1. The number of hydrogen-bond donors (Lipinski definition) is 3. The van der Waals surface area contributed by atoms with E-state index in [9.17, 15) is 20.1 Å². The van der Waals surface area contributed by atoms with E-state index >= 15 is 0 Å². The molecule has 1 aliphatic heterocycles. The Morgan fingerprint density at radius 1 is 1.04 bits per heavy atom. The molecule has 4 aliphatic carbocycles. The van der Waals surface area contributed by atoms with Crippen LogP contribution in [0, 0.1) is 28.6 Å². The van der Waals surface area contributed by atoms with Gasteiger partial charge in [0.05, 0.1) is 17.3 Å². The van der Waals surface area contributed by atoms with Crippen LogP contribution < -0.4 is 0 Å². The molecule has 5 rings (SSSR count). The van der Waals surface area contributed by atoms with Crippen LogP contribution in [0.3, 0.4) is 0 Å². The van der Waals surface area contributed by atoms with Gasteiger partial charge in [-0.1, -0.05) is 13.8 Å². The Bertz CT molecular complexity index is 733. The van der Waals surface area contributed by atoms with Gasteiger partial charge >= 0.3 is 5.97 Å². The van der Waals surface area contributed by atoms with E-state index in [1.165, 1.54) is 0 Å². The highest BCUT2D eigenvalue weighted by Crippen LogP contribution is 2.71. The molecule has 5 heteroatoms. The molecule has 156 valence electrons. The van der Waals surface area contributed by atoms with Crippen LogP contribution in [-0.2, 0) is 9.53 Å². The summed E-state index contributed by atoms with van der Waals surface area (Å²) in [6.45, 7) is 4.75. The van der Waals surface area contributed by atoms with Gasteiger partial charge in [0.1, 0.15) is 6.61 Å². The molecular formula is C23H34O5. The zero-order valence-corrected chi connectivity index (χ0v) is 17.1. The lowest BCUT2D eigenvalue weighted by Crippen LogP contribution is -2.73. The Morgan fingerprint density at radius 3 is 2.54 bits per heavy atom. The van der Waals surface area contributed by atoms with E-state index < -0.39 is 16.6 Å². The van der Waals surface area contributed by atoms with Crippen LogP contribution in [0.1, 0.15) is 71.6 Å². The zero-order chi connectivity index (χ0) is 19.9. The molecule has 0 radical (unpaired) electrons. The summed E-state index contributed by atoms with van der Waals surface area (Å²) in [5, 5.41) is 34.4. The number of esters is 1. The van der Waals surface area contributed by atoms with Crippen molar-refractivity contribution in [1.82, 2.24) is 0 Å². The summed E-state index contributed by atoms with van der Waals surface area (Å²) in [4.78, 5) is 11.6. The van der Waals surface area contributed by atoms with E-state index in [1.807, 2.05) is 0 Å². The van der Waals surface area contributed by atoms with Gasteiger partial charge in [0.25, 0.3) is 0 Å². The van der Waals surface area contributed by atoms with Crippen molar-refractivity contribution in [3.05, 3.63) is 11.6 Å². The van der Waals surface area contributed by atoms with Crippen LogP contribution in [-0.4, -0.2) is 45.2 Å². The summed E-state index contributed by atoms with van der Waals surface area (Å²) in [5.41, 5.74) is -1.69. The van der Waals surface area contributed by atoms with Gasteiger partial charge in [-0.15, -0.1) is 0 Å². The fraction of sp³-hybridized carbons (Fsp3) is 0.870. The predicted octanol–water partition coefficient (Wildman–Crippen LogP) is 2.72. The molecule has 0 amide bonds. The summed E-state index contributed by atoms with van der Waals surface area (Å²) in [7, 11) is 0. The van der Waals surface area contributed by atoms with Gasteiger partial charge in [0.15, 0.2) is 0 Å². The SMILES string of the molecule is C[C@]12CC[C@H](O)C[C@H]1CCC1(O)[C@@H]2CC[C@]2(C)[C@@H](C3=CC(=O)OC3)CCC12O. The van der Waals surface area contributed by atoms with Crippen molar-refractivity contribution in [1.29, 1.82) is 0 Å². The number of aliphatic hydroxyl groups excluding tert-OH is 1. The maximum Gasteiger partial charge on any atom is 0.331 e. The topological polar surface area (TPSA) is 87.0 Å². The summed E-state index contributed by atoms with van der Waals surface area (Å²) in [5.74, 6) is 0.302. The highest BCUT2D eigenvalue weighted by Gasteiger charge is 2.74. The average molecular weight is 391 g/mol. The molecule has 8 atom stereocenters. The van der Waals surface area contributed by atoms with E-state index in [0.29, 0.717) is 25.4 Å². The molecule has 5 aliphatic rings. The quantitative estimate of drug-likeness (QED) is 0.599. The number of fused-ring (bicyclic) bond motifs is 5. The molecular weight excluding hydrogens is 356 g/mol. The Balaban J connectivity index is 1.52. The summed E-state index contributed by atoms with van der Waals surface area (Å²) >= 11 is 0. The molecule has 5 nitrogen and oxygen atoms in total. The highest BCUT2D eigenvalue weighted by molar-refractivity contribution is 5.85. The predicted molar refractivity (Wildman–Crippen MR) is 103 cm³/mol. The van der Waals surface area contributed by atoms with Crippen molar-refractivity contribution >= 4 is 5.97 Å². The van der Waals surface area contributed by atoms with Crippen LogP contribution >= 0.6 is 0 Å². The number of carbonyl (C=O) groups is 1. The number of cyclic esters (lactones) is 1. The second-order valence-electron chi connectivity index (χ2n) is 10.9. The Labute approximate surface area is 167 Å². The lowest BCUT2D eigenvalue weighted by atomic mass is 9.41. The number of hydrogen-bond acceptors (Lipinski definition) is 5. The van der Waals surface area contributed by atoms with E-state index in [-0.39, 0.29) is 29.3 Å². The van der Waals surface area contributed by atoms with Crippen molar-refractivity contribution in [2.45, 2.75) is 88.9 Å². The van der Waals surface area contributed by atoms with Crippen molar-refractivity contribution in [2.75, 3.05) is 6.61 Å². The van der Waals surface area contributed by atoms with Gasteiger partial charge in [0, 0.05) is 11.5 Å². The Kier molecular flexibility index (Phi) is 3.97.